The van der Waals surface area contributed by atoms with Crippen LogP contribution in [0.2, 0.25) is 0 Å². The lowest BCUT2D eigenvalue weighted by Gasteiger charge is -2.21. The molecule has 0 aliphatic carbocycles. The lowest BCUT2D eigenvalue weighted by molar-refractivity contribution is 0.0952. The topological polar surface area (TPSA) is 48.5 Å². The fourth-order valence-electron chi connectivity index (χ4n) is 3.56. The maximum atomic E-state index is 12.2. The third-order valence-corrected chi connectivity index (χ3v) is 5.23. The molecule has 0 spiro atoms. The van der Waals surface area contributed by atoms with Crippen LogP contribution in [0.25, 0.3) is 11.1 Å². The first kappa shape index (κ1) is 20.3. The summed E-state index contributed by atoms with van der Waals surface area (Å²) in [6, 6.07) is 12.0. The zero-order valence-electron chi connectivity index (χ0n) is 17.2. The molecule has 1 N–H and O–H groups in total. The molecule has 1 aromatic carbocycles. The Hall–Kier alpha value is -2.40. The highest BCUT2D eigenvalue weighted by atomic mass is 16.1. The lowest BCUT2D eigenvalue weighted by Crippen LogP contribution is -2.27. The average Bonchev–Trinajstić information content (AvgIpc) is 3.01. The van der Waals surface area contributed by atoms with Gasteiger partial charge in [0, 0.05) is 37.0 Å². The minimum Gasteiger partial charge on any atom is -0.357 e. The average molecular weight is 381 g/mol. The van der Waals surface area contributed by atoms with Crippen LogP contribution in [-0.4, -0.2) is 56.1 Å². The van der Waals surface area contributed by atoms with Gasteiger partial charge in [-0.3, -0.25) is 4.79 Å². The second-order valence-electron chi connectivity index (χ2n) is 7.80. The van der Waals surface area contributed by atoms with Gasteiger partial charge >= 0.3 is 0 Å². The Kier molecular flexibility index (Phi) is 7.43. The number of hydrogen-bond acceptors (Lipinski definition) is 4. The Morgan fingerprint density at radius 2 is 1.68 bits per heavy atom. The largest absolute Gasteiger partial charge is 0.357 e. The highest BCUT2D eigenvalue weighted by Crippen LogP contribution is 2.23. The van der Waals surface area contributed by atoms with Gasteiger partial charge in [-0.1, -0.05) is 25.0 Å². The maximum Gasteiger partial charge on any atom is 0.251 e. The second-order valence-corrected chi connectivity index (χ2v) is 7.80. The van der Waals surface area contributed by atoms with Gasteiger partial charge in [-0.05, 0) is 69.7 Å². The molecule has 0 unspecified atom stereocenters. The molecule has 1 aromatic heterocycles. The van der Waals surface area contributed by atoms with Crippen LogP contribution < -0.4 is 10.2 Å². The molecule has 0 bridgehead atoms. The van der Waals surface area contributed by atoms with Gasteiger partial charge in [0.2, 0.25) is 0 Å². The van der Waals surface area contributed by atoms with Crippen LogP contribution in [0, 0.1) is 0 Å². The van der Waals surface area contributed by atoms with Gasteiger partial charge < -0.3 is 15.1 Å². The van der Waals surface area contributed by atoms with Crippen LogP contribution in [0.4, 0.5) is 5.82 Å². The van der Waals surface area contributed by atoms with Crippen LogP contribution in [0.1, 0.15) is 42.5 Å². The molecule has 1 fully saturated rings. The van der Waals surface area contributed by atoms with E-state index in [0.717, 1.165) is 43.0 Å². The summed E-state index contributed by atoms with van der Waals surface area (Å²) in [6.07, 6.45) is 8.04. The van der Waals surface area contributed by atoms with E-state index in [-0.39, 0.29) is 5.91 Å². The van der Waals surface area contributed by atoms with Gasteiger partial charge in [-0.15, -0.1) is 0 Å². The summed E-state index contributed by atoms with van der Waals surface area (Å²) in [4.78, 5) is 21.4. The van der Waals surface area contributed by atoms with Crippen molar-refractivity contribution in [2.24, 2.45) is 0 Å². The van der Waals surface area contributed by atoms with Crippen molar-refractivity contribution in [1.29, 1.82) is 0 Å². The number of hydrogen-bond donors (Lipinski definition) is 1. The van der Waals surface area contributed by atoms with E-state index in [2.05, 4.69) is 32.2 Å². The van der Waals surface area contributed by atoms with E-state index in [9.17, 15) is 4.79 Å². The van der Waals surface area contributed by atoms with Crippen molar-refractivity contribution < 1.29 is 4.79 Å². The van der Waals surface area contributed by atoms with Crippen molar-refractivity contribution in [2.45, 2.75) is 32.1 Å². The molecule has 150 valence electrons. The maximum absolute atomic E-state index is 12.2. The normalized spacial score (nSPS) is 14.8. The molecule has 0 atom stereocenters. The molecule has 1 aliphatic heterocycles. The zero-order valence-corrected chi connectivity index (χ0v) is 17.2. The Labute approximate surface area is 168 Å². The number of anilines is 1. The Morgan fingerprint density at radius 1 is 1.00 bits per heavy atom. The summed E-state index contributed by atoms with van der Waals surface area (Å²) in [5.41, 5.74) is 2.86. The fraction of sp³-hybridized carbons (Fsp3) is 0.478. The van der Waals surface area contributed by atoms with Crippen LogP contribution in [-0.2, 0) is 0 Å². The standard InChI is InChI=1S/C23H32N4O/c1-26(2)15-7-14-24-23(28)20-10-8-19(9-11-20)21-12-13-22(25-18-21)27-16-5-3-4-6-17-27/h8-13,18H,3-7,14-17H2,1-2H3,(H,24,28). The van der Waals surface area contributed by atoms with Crippen molar-refractivity contribution in [2.75, 3.05) is 45.2 Å². The van der Waals surface area contributed by atoms with Gasteiger partial charge in [0.25, 0.3) is 5.91 Å². The first-order valence-corrected chi connectivity index (χ1v) is 10.4. The van der Waals surface area contributed by atoms with Crippen molar-refractivity contribution in [3.8, 4) is 11.1 Å². The number of nitrogens with one attached hydrogen (secondary N) is 1. The zero-order chi connectivity index (χ0) is 19.8. The van der Waals surface area contributed by atoms with Gasteiger partial charge in [-0.2, -0.15) is 0 Å². The van der Waals surface area contributed by atoms with E-state index in [1.54, 1.807) is 0 Å². The SMILES string of the molecule is CN(C)CCCNC(=O)c1ccc(-c2ccc(N3CCCCCC3)nc2)cc1. The number of rotatable bonds is 7. The molecule has 2 heterocycles. The number of benzene rings is 1. The summed E-state index contributed by atoms with van der Waals surface area (Å²) in [6.45, 7) is 3.87. The molecule has 5 heteroatoms. The minimum absolute atomic E-state index is 0.0139. The number of carbonyl (C=O) groups is 1. The third-order valence-electron chi connectivity index (χ3n) is 5.23. The molecular formula is C23H32N4O. The first-order valence-electron chi connectivity index (χ1n) is 10.4. The highest BCUT2D eigenvalue weighted by Gasteiger charge is 2.11. The minimum atomic E-state index is -0.0139. The second kappa shape index (κ2) is 10.2. The predicted molar refractivity (Wildman–Crippen MR) is 116 cm³/mol. The first-order chi connectivity index (χ1) is 13.6. The Bertz CT molecular complexity index is 732. The van der Waals surface area contributed by atoms with Crippen molar-refractivity contribution in [1.82, 2.24) is 15.2 Å². The number of amides is 1. The molecular weight excluding hydrogens is 348 g/mol. The molecule has 28 heavy (non-hydrogen) atoms. The van der Waals surface area contributed by atoms with E-state index in [0.29, 0.717) is 12.1 Å². The van der Waals surface area contributed by atoms with Crippen molar-refractivity contribution in [3.05, 3.63) is 48.2 Å². The van der Waals surface area contributed by atoms with Crippen molar-refractivity contribution in [3.63, 3.8) is 0 Å². The van der Waals surface area contributed by atoms with Crippen LogP contribution in [0.3, 0.4) is 0 Å². The van der Waals surface area contributed by atoms with Crippen LogP contribution in [0.5, 0.6) is 0 Å². The molecule has 0 saturated carbocycles. The number of pyridine rings is 1. The van der Waals surface area contributed by atoms with Gasteiger partial charge in [-0.25, -0.2) is 4.98 Å². The molecule has 0 radical (unpaired) electrons. The summed E-state index contributed by atoms with van der Waals surface area (Å²) in [5, 5.41) is 2.98. The van der Waals surface area contributed by atoms with Crippen LogP contribution in [0.15, 0.2) is 42.6 Å². The van der Waals surface area contributed by atoms with E-state index in [1.165, 1.54) is 25.7 Å². The number of carbonyl (C=O) groups excluding carboxylic acids is 1. The lowest BCUT2D eigenvalue weighted by atomic mass is 10.1. The molecule has 2 aromatic rings. The van der Waals surface area contributed by atoms with Crippen LogP contribution >= 0.6 is 0 Å². The molecule has 3 rings (SSSR count). The molecule has 5 nitrogen and oxygen atoms in total. The van der Waals surface area contributed by atoms with Crippen molar-refractivity contribution >= 4 is 11.7 Å². The van der Waals surface area contributed by atoms with Gasteiger partial charge in [0.05, 0.1) is 0 Å². The van der Waals surface area contributed by atoms with E-state index in [4.69, 9.17) is 0 Å². The summed E-state index contributed by atoms with van der Waals surface area (Å²) in [5.74, 6) is 1.05. The molecule has 1 saturated heterocycles. The quantitative estimate of drug-likeness (QED) is 0.742. The summed E-state index contributed by atoms with van der Waals surface area (Å²) >= 11 is 0. The fourth-order valence-corrected chi connectivity index (χ4v) is 3.56. The third kappa shape index (κ3) is 5.80. The Balaban J connectivity index is 1.57. The van der Waals surface area contributed by atoms with E-state index in [1.807, 2.05) is 44.6 Å². The highest BCUT2D eigenvalue weighted by molar-refractivity contribution is 5.94. The monoisotopic (exact) mass is 380 g/mol. The summed E-state index contributed by atoms with van der Waals surface area (Å²) < 4.78 is 0. The smallest absolute Gasteiger partial charge is 0.251 e. The Morgan fingerprint density at radius 3 is 2.29 bits per heavy atom. The van der Waals surface area contributed by atoms with Gasteiger partial charge in [0.1, 0.15) is 5.82 Å². The number of nitrogens with zero attached hydrogens (tertiary/aromatic N) is 3. The van der Waals surface area contributed by atoms with Gasteiger partial charge in [0.15, 0.2) is 0 Å². The molecule has 1 amide bonds. The number of aromatic nitrogens is 1. The molecule has 1 aliphatic rings. The van der Waals surface area contributed by atoms with E-state index >= 15 is 0 Å². The van der Waals surface area contributed by atoms with E-state index < -0.39 is 0 Å². The summed E-state index contributed by atoms with van der Waals surface area (Å²) in [7, 11) is 4.08. The predicted octanol–water partition coefficient (Wildman–Crippen LogP) is 3.81.